The summed E-state index contributed by atoms with van der Waals surface area (Å²) in [5, 5.41) is 0. The second-order valence-corrected chi connectivity index (χ2v) is 1.20. The van der Waals surface area contributed by atoms with E-state index in [1.54, 1.807) is 0 Å². The molecule has 0 aliphatic carbocycles. The normalized spacial score (nSPS) is 7.71. The van der Waals surface area contributed by atoms with Crippen LogP contribution in [-0.4, -0.2) is 13.2 Å². The van der Waals surface area contributed by atoms with E-state index in [9.17, 15) is 0 Å². The third-order valence-corrected chi connectivity index (χ3v) is 0.553. The molecule has 0 atom stereocenters. The molecule has 0 aromatic carbocycles. The van der Waals surface area contributed by atoms with E-state index in [1.165, 1.54) is 0 Å². The van der Waals surface area contributed by atoms with Crippen LogP contribution in [0, 0.1) is 0 Å². The average molecular weight is 289 g/mol. The summed E-state index contributed by atoms with van der Waals surface area (Å²) < 4.78 is 4.98. The Labute approximate surface area is 65.9 Å². The molecule has 0 saturated carbocycles. The zero-order chi connectivity index (χ0) is 4.83. The zero-order valence-corrected chi connectivity index (χ0v) is 10.7. The van der Waals surface area contributed by atoms with Crippen LogP contribution < -0.4 is 0 Å². The molecular formula is C5H12HgO. The van der Waals surface area contributed by atoms with Gasteiger partial charge in [-0.2, -0.15) is 0 Å². The van der Waals surface area contributed by atoms with E-state index < -0.39 is 0 Å². The molecular weight excluding hydrogens is 277 g/mol. The van der Waals surface area contributed by atoms with Gasteiger partial charge < -0.3 is 4.74 Å². The number of ether oxygens (including phenoxy) is 1. The first kappa shape index (κ1) is 10.8. The molecule has 2 heteroatoms. The van der Waals surface area contributed by atoms with Gasteiger partial charge in [-0.05, 0) is 13.3 Å². The van der Waals surface area contributed by atoms with E-state index in [2.05, 4.69) is 6.92 Å². The molecule has 0 N–H and O–H groups in total. The third-order valence-electron chi connectivity index (χ3n) is 0.553. The molecule has 0 spiro atoms. The van der Waals surface area contributed by atoms with Crippen molar-refractivity contribution in [2.24, 2.45) is 0 Å². The molecule has 0 unspecified atom stereocenters. The van der Waals surface area contributed by atoms with Crippen LogP contribution >= 0.6 is 0 Å². The molecule has 1 nitrogen and oxygen atoms in total. The van der Waals surface area contributed by atoms with Gasteiger partial charge in [-0.1, -0.05) is 6.92 Å². The van der Waals surface area contributed by atoms with Crippen molar-refractivity contribution in [1.29, 1.82) is 0 Å². The largest absolute Gasteiger partial charge is 0.382 e. The molecule has 0 saturated heterocycles. The summed E-state index contributed by atoms with van der Waals surface area (Å²) in [6.45, 7) is 5.88. The first-order chi connectivity index (χ1) is 2.91. The summed E-state index contributed by atoms with van der Waals surface area (Å²) in [6.07, 6.45) is 1.13. The Kier molecular flexibility index (Phi) is 15.4. The average Bonchev–Trinajstić information content (AvgIpc) is 1.61. The Balaban J connectivity index is 0. The van der Waals surface area contributed by atoms with Crippen molar-refractivity contribution in [3.8, 4) is 0 Å². The van der Waals surface area contributed by atoms with Gasteiger partial charge in [0.1, 0.15) is 0 Å². The van der Waals surface area contributed by atoms with Crippen LogP contribution in [0.2, 0.25) is 0 Å². The Morgan fingerprint density at radius 1 is 1.29 bits per heavy atom. The van der Waals surface area contributed by atoms with Crippen molar-refractivity contribution in [3.63, 3.8) is 0 Å². The van der Waals surface area contributed by atoms with E-state index in [0.29, 0.717) is 0 Å². The smallest absolute Gasteiger partial charge is 0.0463 e. The molecule has 0 aromatic rings. The predicted octanol–water partition coefficient (Wildman–Crippen LogP) is 1.43. The van der Waals surface area contributed by atoms with Gasteiger partial charge in [0.25, 0.3) is 0 Å². The summed E-state index contributed by atoms with van der Waals surface area (Å²) in [5.74, 6) is 0. The van der Waals surface area contributed by atoms with Crippen LogP contribution in [0.15, 0.2) is 0 Å². The Morgan fingerprint density at radius 3 is 2.00 bits per heavy atom. The monoisotopic (exact) mass is 290 g/mol. The minimum absolute atomic E-state index is 0. The first-order valence-electron chi connectivity index (χ1n) is 2.49. The van der Waals surface area contributed by atoms with Crippen LogP contribution in [0.5, 0.6) is 0 Å². The van der Waals surface area contributed by atoms with Gasteiger partial charge in [0, 0.05) is 40.9 Å². The molecule has 40 valence electrons. The summed E-state index contributed by atoms with van der Waals surface area (Å²) in [7, 11) is 0. The van der Waals surface area contributed by atoms with Gasteiger partial charge >= 0.3 is 0 Å². The van der Waals surface area contributed by atoms with Crippen molar-refractivity contribution in [2.45, 2.75) is 20.3 Å². The third kappa shape index (κ3) is 10.9. The fourth-order valence-electron chi connectivity index (χ4n) is 0.289. The minimum atomic E-state index is 0. The Morgan fingerprint density at radius 2 is 1.86 bits per heavy atom. The molecule has 7 heavy (non-hydrogen) atoms. The topological polar surface area (TPSA) is 9.23 Å². The molecule has 0 aliphatic rings. The summed E-state index contributed by atoms with van der Waals surface area (Å²) >= 11 is 0. The summed E-state index contributed by atoms with van der Waals surface area (Å²) in [5.41, 5.74) is 0. The van der Waals surface area contributed by atoms with Gasteiger partial charge in [0.15, 0.2) is 0 Å². The van der Waals surface area contributed by atoms with E-state index in [4.69, 9.17) is 4.74 Å². The maximum absolute atomic E-state index is 4.98. The van der Waals surface area contributed by atoms with Crippen LogP contribution in [0.1, 0.15) is 20.3 Å². The molecule has 0 amide bonds. The maximum atomic E-state index is 4.98. The van der Waals surface area contributed by atoms with Crippen molar-refractivity contribution in [3.05, 3.63) is 0 Å². The van der Waals surface area contributed by atoms with Crippen molar-refractivity contribution >= 4 is 0 Å². The molecule has 0 aliphatic heterocycles. The summed E-state index contributed by atoms with van der Waals surface area (Å²) in [4.78, 5) is 0. The molecule has 0 fully saturated rings. The minimum Gasteiger partial charge on any atom is -0.382 e. The predicted molar refractivity (Wildman–Crippen MR) is 26.8 cm³/mol. The number of hydrogen-bond acceptors (Lipinski definition) is 1. The fraction of sp³-hybridized carbons (Fsp3) is 1.00. The molecule has 0 bridgehead atoms. The van der Waals surface area contributed by atoms with E-state index >= 15 is 0 Å². The van der Waals surface area contributed by atoms with Crippen molar-refractivity contribution in [1.82, 2.24) is 0 Å². The van der Waals surface area contributed by atoms with Crippen LogP contribution in [-0.2, 0) is 32.4 Å². The molecule has 0 heterocycles. The number of rotatable bonds is 3. The van der Waals surface area contributed by atoms with E-state index in [0.717, 1.165) is 19.6 Å². The quantitative estimate of drug-likeness (QED) is 0.564. The van der Waals surface area contributed by atoms with Gasteiger partial charge in [0.05, 0.1) is 0 Å². The van der Waals surface area contributed by atoms with Crippen molar-refractivity contribution < 1.29 is 32.4 Å². The molecule has 0 aromatic heterocycles. The van der Waals surface area contributed by atoms with Crippen LogP contribution in [0.3, 0.4) is 0 Å². The second-order valence-electron chi connectivity index (χ2n) is 1.20. The van der Waals surface area contributed by atoms with Crippen LogP contribution in [0.25, 0.3) is 0 Å². The van der Waals surface area contributed by atoms with Gasteiger partial charge in [0.2, 0.25) is 0 Å². The van der Waals surface area contributed by atoms with Gasteiger partial charge in [-0.25, -0.2) is 0 Å². The second kappa shape index (κ2) is 10.00. The fourth-order valence-corrected chi connectivity index (χ4v) is 0.289. The maximum Gasteiger partial charge on any atom is 0.0463 e. The van der Waals surface area contributed by atoms with E-state index in [-0.39, 0.29) is 27.7 Å². The zero-order valence-electron chi connectivity index (χ0n) is 5.24. The van der Waals surface area contributed by atoms with Gasteiger partial charge in [-0.15, -0.1) is 0 Å². The molecule has 0 rings (SSSR count). The molecule has 0 radical (unpaired) electrons. The standard InChI is InChI=1S/C5H12O.Hg/c1-3-5-6-4-2;/h3-5H2,1-2H3;. The van der Waals surface area contributed by atoms with Gasteiger partial charge in [-0.3, -0.25) is 0 Å². The summed E-state index contributed by atoms with van der Waals surface area (Å²) in [6, 6.07) is 0. The van der Waals surface area contributed by atoms with E-state index in [1.807, 2.05) is 6.92 Å². The first-order valence-corrected chi connectivity index (χ1v) is 2.49. The number of hydrogen-bond donors (Lipinski definition) is 0. The Bertz CT molecular complexity index is 20.0. The Hall–Kier alpha value is 0.895. The SMILES string of the molecule is CCCOCC.[Hg]. The van der Waals surface area contributed by atoms with Crippen LogP contribution in [0.4, 0.5) is 0 Å². The van der Waals surface area contributed by atoms with Crippen molar-refractivity contribution in [2.75, 3.05) is 13.2 Å².